The number of methoxy groups -OCH3 is 2. The molecule has 3 rings (SSSR count). The number of nitrogens with one attached hydrogen (secondary N) is 1. The predicted octanol–water partition coefficient (Wildman–Crippen LogP) is 4.08. The van der Waals surface area contributed by atoms with Crippen molar-refractivity contribution in [2.75, 3.05) is 26.1 Å². The number of carbonyl (C=O) groups is 2. The summed E-state index contributed by atoms with van der Waals surface area (Å²) in [5, 5.41) is 2.65. The Kier molecular flexibility index (Phi) is 7.48. The molecule has 0 fully saturated rings. The zero-order valence-electron chi connectivity index (χ0n) is 17.3. The molecule has 0 radical (unpaired) electrons. The van der Waals surface area contributed by atoms with E-state index in [4.69, 9.17) is 18.9 Å². The van der Waals surface area contributed by atoms with Crippen LogP contribution in [0.4, 0.5) is 5.69 Å². The molecule has 7 nitrogen and oxygen atoms in total. The molecule has 0 saturated heterocycles. The number of rotatable bonds is 9. The van der Waals surface area contributed by atoms with Gasteiger partial charge in [-0.25, -0.2) is 4.79 Å². The van der Waals surface area contributed by atoms with Crippen molar-refractivity contribution in [3.8, 4) is 17.2 Å². The molecule has 0 bridgehead atoms. The minimum atomic E-state index is -0.618. The van der Waals surface area contributed by atoms with Crippen molar-refractivity contribution in [3.05, 3.63) is 83.9 Å². The van der Waals surface area contributed by atoms with E-state index in [-0.39, 0.29) is 0 Å². The molecule has 3 aromatic rings. The van der Waals surface area contributed by atoms with E-state index in [1.165, 1.54) is 14.2 Å². The van der Waals surface area contributed by atoms with Crippen molar-refractivity contribution in [3.63, 3.8) is 0 Å². The van der Waals surface area contributed by atoms with Gasteiger partial charge in [0.25, 0.3) is 5.91 Å². The van der Waals surface area contributed by atoms with E-state index in [1.807, 2.05) is 30.3 Å². The monoisotopic (exact) mass is 421 g/mol. The maximum atomic E-state index is 12.3. The summed E-state index contributed by atoms with van der Waals surface area (Å²) in [5.74, 6) is 0.462. The number of hydrogen-bond donors (Lipinski definition) is 1. The van der Waals surface area contributed by atoms with Crippen LogP contribution >= 0.6 is 0 Å². The Balaban J connectivity index is 1.52. The second-order valence-electron chi connectivity index (χ2n) is 6.50. The van der Waals surface area contributed by atoms with Gasteiger partial charge in [0.1, 0.15) is 12.4 Å². The number of anilines is 1. The second-order valence-corrected chi connectivity index (χ2v) is 6.50. The smallest absolute Gasteiger partial charge is 0.338 e. The quantitative estimate of drug-likeness (QED) is 0.524. The zero-order valence-corrected chi connectivity index (χ0v) is 17.3. The third-order valence-corrected chi connectivity index (χ3v) is 4.32. The minimum absolute atomic E-state index is 0.296. The van der Waals surface area contributed by atoms with E-state index in [1.54, 1.807) is 42.5 Å². The number of benzene rings is 3. The molecule has 3 aromatic carbocycles. The molecule has 0 aliphatic heterocycles. The minimum Gasteiger partial charge on any atom is -0.493 e. The van der Waals surface area contributed by atoms with Crippen LogP contribution in [0.3, 0.4) is 0 Å². The summed E-state index contributed by atoms with van der Waals surface area (Å²) < 4.78 is 21.2. The van der Waals surface area contributed by atoms with Gasteiger partial charge in [0.05, 0.1) is 19.8 Å². The summed E-state index contributed by atoms with van der Waals surface area (Å²) in [7, 11) is 3.03. The standard InChI is InChI=1S/C24H23NO6/c1-28-21-12-11-19(14-22(21)29-2)25-23(26)16-31-24(27)18-9-6-10-20(13-18)30-15-17-7-4-3-5-8-17/h3-14H,15-16H2,1-2H3,(H,25,26). The zero-order chi connectivity index (χ0) is 22.1. The number of ether oxygens (including phenoxy) is 4. The van der Waals surface area contributed by atoms with Gasteiger partial charge in [-0.3, -0.25) is 4.79 Å². The number of amides is 1. The van der Waals surface area contributed by atoms with Crippen molar-refractivity contribution in [2.45, 2.75) is 6.61 Å². The first-order valence-corrected chi connectivity index (χ1v) is 9.55. The molecule has 0 atom stereocenters. The Bertz CT molecular complexity index is 1040. The van der Waals surface area contributed by atoms with Crippen LogP contribution < -0.4 is 19.5 Å². The van der Waals surface area contributed by atoms with Crippen molar-refractivity contribution in [1.29, 1.82) is 0 Å². The van der Waals surface area contributed by atoms with Gasteiger partial charge in [0.2, 0.25) is 0 Å². The Morgan fingerprint density at radius 2 is 1.61 bits per heavy atom. The van der Waals surface area contributed by atoms with Crippen LogP contribution in [0.15, 0.2) is 72.8 Å². The molecule has 0 spiro atoms. The Morgan fingerprint density at radius 3 is 2.35 bits per heavy atom. The van der Waals surface area contributed by atoms with Crippen molar-refractivity contribution in [1.82, 2.24) is 0 Å². The van der Waals surface area contributed by atoms with E-state index in [9.17, 15) is 9.59 Å². The third-order valence-electron chi connectivity index (χ3n) is 4.32. The van der Waals surface area contributed by atoms with Crippen LogP contribution in [0.5, 0.6) is 17.2 Å². The summed E-state index contributed by atoms with van der Waals surface area (Å²) in [4.78, 5) is 24.5. The van der Waals surface area contributed by atoms with Crippen LogP contribution in [0.25, 0.3) is 0 Å². The molecule has 0 unspecified atom stereocenters. The van der Waals surface area contributed by atoms with E-state index in [2.05, 4.69) is 5.32 Å². The summed E-state index contributed by atoms with van der Waals surface area (Å²) in [6.07, 6.45) is 0. The van der Waals surface area contributed by atoms with E-state index >= 15 is 0 Å². The summed E-state index contributed by atoms with van der Waals surface area (Å²) >= 11 is 0. The van der Waals surface area contributed by atoms with Gasteiger partial charge >= 0.3 is 5.97 Å². The van der Waals surface area contributed by atoms with Gasteiger partial charge in [-0.2, -0.15) is 0 Å². The highest BCUT2D eigenvalue weighted by Gasteiger charge is 2.12. The summed E-state index contributed by atoms with van der Waals surface area (Å²) in [6.45, 7) is -0.0463. The van der Waals surface area contributed by atoms with Crippen LogP contribution in [0.2, 0.25) is 0 Å². The Hall–Kier alpha value is -4.00. The van der Waals surface area contributed by atoms with Crippen molar-refractivity contribution >= 4 is 17.6 Å². The van der Waals surface area contributed by atoms with Crippen LogP contribution in [0, 0.1) is 0 Å². The fourth-order valence-electron chi connectivity index (χ4n) is 2.78. The first-order chi connectivity index (χ1) is 15.1. The highest BCUT2D eigenvalue weighted by Crippen LogP contribution is 2.29. The Labute approximate surface area is 180 Å². The number of carbonyl (C=O) groups excluding carboxylic acids is 2. The average Bonchev–Trinajstić information content (AvgIpc) is 2.82. The molecule has 0 aromatic heterocycles. The molecule has 7 heteroatoms. The topological polar surface area (TPSA) is 83.1 Å². The SMILES string of the molecule is COc1ccc(NC(=O)COC(=O)c2cccc(OCc3ccccc3)c2)cc1OC. The molecule has 1 N–H and O–H groups in total. The van der Waals surface area contributed by atoms with Gasteiger partial charge in [-0.05, 0) is 35.9 Å². The molecule has 160 valence electrons. The average molecular weight is 421 g/mol. The van der Waals surface area contributed by atoms with Gasteiger partial charge < -0.3 is 24.3 Å². The maximum Gasteiger partial charge on any atom is 0.338 e. The highest BCUT2D eigenvalue weighted by atomic mass is 16.5. The van der Waals surface area contributed by atoms with Crippen LogP contribution in [-0.2, 0) is 16.1 Å². The maximum absolute atomic E-state index is 12.3. The van der Waals surface area contributed by atoms with Crippen molar-refractivity contribution in [2.24, 2.45) is 0 Å². The Morgan fingerprint density at radius 1 is 0.839 bits per heavy atom. The van der Waals surface area contributed by atoms with Crippen LogP contribution in [0.1, 0.15) is 15.9 Å². The van der Waals surface area contributed by atoms with E-state index in [0.717, 1.165) is 5.56 Å². The highest BCUT2D eigenvalue weighted by molar-refractivity contribution is 5.95. The lowest BCUT2D eigenvalue weighted by molar-refractivity contribution is -0.119. The molecule has 31 heavy (non-hydrogen) atoms. The molecule has 0 heterocycles. The largest absolute Gasteiger partial charge is 0.493 e. The fourth-order valence-corrected chi connectivity index (χ4v) is 2.78. The van der Waals surface area contributed by atoms with Gasteiger partial charge in [-0.15, -0.1) is 0 Å². The summed E-state index contributed by atoms with van der Waals surface area (Å²) in [5.41, 5.74) is 1.81. The van der Waals surface area contributed by atoms with E-state index in [0.29, 0.717) is 35.1 Å². The molecule has 0 aliphatic rings. The molecule has 1 amide bonds. The lowest BCUT2D eigenvalue weighted by Gasteiger charge is -2.11. The van der Waals surface area contributed by atoms with Gasteiger partial charge in [0.15, 0.2) is 18.1 Å². The number of esters is 1. The number of hydrogen-bond acceptors (Lipinski definition) is 6. The fraction of sp³-hybridized carbons (Fsp3) is 0.167. The van der Waals surface area contributed by atoms with E-state index < -0.39 is 18.5 Å². The normalized spacial score (nSPS) is 10.1. The first kappa shape index (κ1) is 21.7. The van der Waals surface area contributed by atoms with Crippen LogP contribution in [-0.4, -0.2) is 32.7 Å². The molecular formula is C24H23NO6. The van der Waals surface area contributed by atoms with Gasteiger partial charge in [-0.1, -0.05) is 36.4 Å². The predicted molar refractivity (Wildman–Crippen MR) is 116 cm³/mol. The lowest BCUT2D eigenvalue weighted by atomic mass is 10.2. The third kappa shape index (κ3) is 6.24. The molecular weight excluding hydrogens is 398 g/mol. The molecule has 0 saturated carbocycles. The van der Waals surface area contributed by atoms with Gasteiger partial charge in [0, 0.05) is 11.8 Å². The van der Waals surface area contributed by atoms with Crippen molar-refractivity contribution < 1.29 is 28.5 Å². The second kappa shape index (κ2) is 10.7. The lowest BCUT2D eigenvalue weighted by Crippen LogP contribution is -2.21. The summed E-state index contributed by atoms with van der Waals surface area (Å²) in [6, 6.07) is 21.3. The molecule has 0 aliphatic carbocycles. The first-order valence-electron chi connectivity index (χ1n) is 9.55.